The second kappa shape index (κ2) is 6.19. The molecule has 0 fully saturated rings. The average molecular weight is 269 g/mol. The fraction of sp³-hybridized carbons (Fsp3) is 0.250. The number of aromatic nitrogens is 1. The second-order valence-electron chi connectivity index (χ2n) is 4.70. The number of pyridine rings is 1. The number of carbonyl (C=O) groups is 1. The average Bonchev–Trinajstić information content (AvgIpc) is 2.43. The number of nitrogens with one attached hydrogen (secondary N) is 2. The molecule has 0 radical (unpaired) electrons. The maximum Gasteiger partial charge on any atom is 0.255 e. The lowest BCUT2D eigenvalue weighted by molar-refractivity contribution is 0.102. The van der Waals surface area contributed by atoms with Crippen molar-refractivity contribution in [3.05, 3.63) is 53.3 Å². The van der Waals surface area contributed by atoms with E-state index in [1.165, 1.54) is 0 Å². The van der Waals surface area contributed by atoms with E-state index in [1.807, 2.05) is 39.0 Å². The second-order valence-corrected chi connectivity index (χ2v) is 4.70. The highest BCUT2D eigenvalue weighted by atomic mass is 16.1. The SMILES string of the molecule is CCNc1ccc(C(=O)Nc2ccncc2C)cc1C. The first-order valence-electron chi connectivity index (χ1n) is 6.68. The van der Waals surface area contributed by atoms with Crippen molar-refractivity contribution >= 4 is 17.3 Å². The predicted molar refractivity (Wildman–Crippen MR) is 82.3 cm³/mol. The molecule has 2 N–H and O–H groups in total. The number of amides is 1. The van der Waals surface area contributed by atoms with Crippen molar-refractivity contribution in [3.8, 4) is 0 Å². The van der Waals surface area contributed by atoms with E-state index in [9.17, 15) is 4.79 Å². The number of benzene rings is 1. The van der Waals surface area contributed by atoms with Gasteiger partial charge in [0.2, 0.25) is 0 Å². The first-order valence-corrected chi connectivity index (χ1v) is 6.68. The number of hydrogen-bond donors (Lipinski definition) is 2. The van der Waals surface area contributed by atoms with Crippen LogP contribution in [0.1, 0.15) is 28.4 Å². The topological polar surface area (TPSA) is 54.0 Å². The first-order chi connectivity index (χ1) is 9.61. The van der Waals surface area contributed by atoms with Crippen LogP contribution in [0.5, 0.6) is 0 Å². The molecule has 0 spiro atoms. The number of nitrogens with zero attached hydrogens (tertiary/aromatic N) is 1. The summed E-state index contributed by atoms with van der Waals surface area (Å²) in [5.74, 6) is -0.106. The molecular weight excluding hydrogens is 250 g/mol. The molecule has 0 unspecified atom stereocenters. The van der Waals surface area contributed by atoms with E-state index in [0.29, 0.717) is 5.56 Å². The third-order valence-corrected chi connectivity index (χ3v) is 3.12. The van der Waals surface area contributed by atoms with E-state index in [-0.39, 0.29) is 5.91 Å². The van der Waals surface area contributed by atoms with Crippen LogP contribution in [0.15, 0.2) is 36.7 Å². The molecular formula is C16H19N3O. The molecule has 20 heavy (non-hydrogen) atoms. The van der Waals surface area contributed by atoms with Crippen LogP contribution in [0, 0.1) is 13.8 Å². The smallest absolute Gasteiger partial charge is 0.255 e. The predicted octanol–water partition coefficient (Wildman–Crippen LogP) is 3.38. The van der Waals surface area contributed by atoms with Crippen molar-refractivity contribution in [1.29, 1.82) is 0 Å². The van der Waals surface area contributed by atoms with Gasteiger partial charge in [0, 0.05) is 35.9 Å². The van der Waals surface area contributed by atoms with Gasteiger partial charge in [-0.15, -0.1) is 0 Å². The minimum absolute atomic E-state index is 0.106. The summed E-state index contributed by atoms with van der Waals surface area (Å²) in [7, 11) is 0. The molecule has 104 valence electrons. The van der Waals surface area contributed by atoms with Crippen LogP contribution in [-0.4, -0.2) is 17.4 Å². The molecule has 4 nitrogen and oxygen atoms in total. The fourth-order valence-corrected chi connectivity index (χ4v) is 2.00. The van der Waals surface area contributed by atoms with Gasteiger partial charge in [0.1, 0.15) is 0 Å². The summed E-state index contributed by atoms with van der Waals surface area (Å²) in [6, 6.07) is 7.46. The van der Waals surface area contributed by atoms with Gasteiger partial charge in [0.25, 0.3) is 5.91 Å². The Balaban J connectivity index is 2.18. The molecule has 1 aromatic heterocycles. The highest BCUT2D eigenvalue weighted by Crippen LogP contribution is 2.18. The monoisotopic (exact) mass is 269 g/mol. The normalized spacial score (nSPS) is 10.2. The van der Waals surface area contributed by atoms with E-state index in [2.05, 4.69) is 15.6 Å². The quantitative estimate of drug-likeness (QED) is 0.894. The number of hydrogen-bond acceptors (Lipinski definition) is 3. The lowest BCUT2D eigenvalue weighted by Crippen LogP contribution is -2.13. The van der Waals surface area contributed by atoms with Gasteiger partial charge in [-0.1, -0.05) is 0 Å². The largest absolute Gasteiger partial charge is 0.385 e. The molecule has 0 bridgehead atoms. The Kier molecular flexibility index (Phi) is 4.35. The van der Waals surface area contributed by atoms with E-state index in [0.717, 1.165) is 29.0 Å². The third-order valence-electron chi connectivity index (χ3n) is 3.12. The number of anilines is 2. The standard InChI is InChI=1S/C16H19N3O/c1-4-18-14-6-5-13(9-11(14)2)16(20)19-15-7-8-17-10-12(15)3/h5-10,18H,4H2,1-3H3,(H,17,19,20). The van der Waals surface area contributed by atoms with Crippen LogP contribution >= 0.6 is 0 Å². The van der Waals surface area contributed by atoms with Crippen molar-refractivity contribution in [2.45, 2.75) is 20.8 Å². The zero-order valence-corrected chi connectivity index (χ0v) is 12.0. The van der Waals surface area contributed by atoms with Crippen LogP contribution in [0.4, 0.5) is 11.4 Å². The summed E-state index contributed by atoms with van der Waals surface area (Å²) in [6.07, 6.45) is 3.40. The van der Waals surface area contributed by atoms with Crippen molar-refractivity contribution < 1.29 is 4.79 Å². The molecule has 0 atom stereocenters. The molecule has 0 saturated carbocycles. The minimum atomic E-state index is -0.106. The van der Waals surface area contributed by atoms with Gasteiger partial charge in [-0.2, -0.15) is 0 Å². The Bertz CT molecular complexity index is 623. The summed E-state index contributed by atoms with van der Waals surface area (Å²) in [4.78, 5) is 16.2. The lowest BCUT2D eigenvalue weighted by Gasteiger charge is -2.11. The highest BCUT2D eigenvalue weighted by Gasteiger charge is 2.09. The maximum atomic E-state index is 12.2. The molecule has 1 amide bonds. The van der Waals surface area contributed by atoms with Crippen molar-refractivity contribution in [2.24, 2.45) is 0 Å². The Labute approximate surface area is 119 Å². The van der Waals surface area contributed by atoms with Crippen LogP contribution in [0.2, 0.25) is 0 Å². The molecule has 4 heteroatoms. The summed E-state index contributed by atoms with van der Waals surface area (Å²) in [5.41, 5.74) is 4.51. The zero-order chi connectivity index (χ0) is 14.5. The summed E-state index contributed by atoms with van der Waals surface area (Å²) in [6.45, 7) is 6.82. The van der Waals surface area contributed by atoms with Crippen molar-refractivity contribution in [2.75, 3.05) is 17.2 Å². The van der Waals surface area contributed by atoms with E-state index in [4.69, 9.17) is 0 Å². The molecule has 0 saturated heterocycles. The Hall–Kier alpha value is -2.36. The molecule has 0 aliphatic carbocycles. The molecule has 0 aliphatic rings. The van der Waals surface area contributed by atoms with E-state index in [1.54, 1.807) is 18.5 Å². The summed E-state index contributed by atoms with van der Waals surface area (Å²) in [5, 5.41) is 6.17. The first kappa shape index (κ1) is 14.1. The van der Waals surface area contributed by atoms with Crippen LogP contribution in [0.3, 0.4) is 0 Å². The number of rotatable bonds is 4. The number of carbonyl (C=O) groups excluding carboxylic acids is 1. The lowest BCUT2D eigenvalue weighted by atomic mass is 10.1. The third kappa shape index (κ3) is 3.15. The van der Waals surface area contributed by atoms with Gasteiger partial charge in [-0.05, 0) is 56.2 Å². The molecule has 1 aromatic carbocycles. The van der Waals surface area contributed by atoms with Gasteiger partial charge in [-0.25, -0.2) is 0 Å². The maximum absolute atomic E-state index is 12.2. The van der Waals surface area contributed by atoms with Crippen LogP contribution in [0.25, 0.3) is 0 Å². The van der Waals surface area contributed by atoms with E-state index < -0.39 is 0 Å². The van der Waals surface area contributed by atoms with Gasteiger partial charge in [0.15, 0.2) is 0 Å². The van der Waals surface area contributed by atoms with Gasteiger partial charge >= 0.3 is 0 Å². The summed E-state index contributed by atoms with van der Waals surface area (Å²) < 4.78 is 0. The number of aryl methyl sites for hydroxylation is 2. The van der Waals surface area contributed by atoms with Gasteiger partial charge in [0.05, 0.1) is 0 Å². The highest BCUT2D eigenvalue weighted by molar-refractivity contribution is 6.05. The Morgan fingerprint density at radius 1 is 1.15 bits per heavy atom. The summed E-state index contributed by atoms with van der Waals surface area (Å²) >= 11 is 0. The molecule has 2 aromatic rings. The molecule has 2 rings (SSSR count). The fourth-order valence-electron chi connectivity index (χ4n) is 2.00. The van der Waals surface area contributed by atoms with Crippen molar-refractivity contribution in [3.63, 3.8) is 0 Å². The van der Waals surface area contributed by atoms with Crippen LogP contribution in [-0.2, 0) is 0 Å². The molecule has 1 heterocycles. The minimum Gasteiger partial charge on any atom is -0.385 e. The Morgan fingerprint density at radius 3 is 2.60 bits per heavy atom. The zero-order valence-electron chi connectivity index (χ0n) is 12.0. The molecule has 0 aliphatic heterocycles. The van der Waals surface area contributed by atoms with Gasteiger partial charge in [-0.3, -0.25) is 9.78 Å². The Morgan fingerprint density at radius 2 is 1.95 bits per heavy atom. The van der Waals surface area contributed by atoms with E-state index >= 15 is 0 Å². The van der Waals surface area contributed by atoms with Crippen molar-refractivity contribution in [1.82, 2.24) is 4.98 Å². The van der Waals surface area contributed by atoms with Gasteiger partial charge < -0.3 is 10.6 Å². The van der Waals surface area contributed by atoms with Crippen LogP contribution < -0.4 is 10.6 Å².